The number of phenols is 2. The third-order valence-electron chi connectivity index (χ3n) is 9.22. The maximum Gasteiger partial charge on any atom is 0.202 e. The highest BCUT2D eigenvalue weighted by atomic mass is 16.7. The maximum absolute atomic E-state index is 13.8. The second-order valence-electron chi connectivity index (χ2n) is 12.1. The molecule has 2 unspecified atom stereocenters. The Bertz CT molecular complexity index is 1520. The molecule has 6 rings (SSSR count). The summed E-state index contributed by atoms with van der Waals surface area (Å²) < 4.78 is 29.5. The number of Topliss-reactive ketones (excluding diaryl/α,β-unsaturated/α-hetero) is 1. The molecule has 45 heavy (non-hydrogen) atoms. The first-order valence-corrected chi connectivity index (χ1v) is 15.1. The summed E-state index contributed by atoms with van der Waals surface area (Å²) in [4.78, 5) is 40.2. The van der Waals surface area contributed by atoms with Crippen LogP contribution >= 0.6 is 0 Å². The summed E-state index contributed by atoms with van der Waals surface area (Å²) in [5.74, 6) is -3.67. The Balaban J connectivity index is 1.38. The number of benzene rings is 2. The number of aliphatic hydroxyl groups excluding tert-OH is 1. The molecule has 242 valence electrons. The van der Waals surface area contributed by atoms with E-state index in [1.807, 2.05) is 0 Å². The lowest BCUT2D eigenvalue weighted by Crippen LogP contribution is -2.55. The molecule has 2 aliphatic carbocycles. The molecule has 2 fully saturated rings. The minimum Gasteiger partial charge on any atom is -0.507 e. The normalized spacial score (nSPS) is 31.1. The number of ketones is 3. The Morgan fingerprint density at radius 1 is 1.07 bits per heavy atom. The van der Waals surface area contributed by atoms with Crippen molar-refractivity contribution in [1.29, 1.82) is 0 Å². The maximum atomic E-state index is 13.8. The van der Waals surface area contributed by atoms with Gasteiger partial charge < -0.3 is 49.8 Å². The number of phenolic OH excluding ortho intramolecular Hbond substituents is 2. The number of hydrogen-bond donors (Lipinski definition) is 5. The summed E-state index contributed by atoms with van der Waals surface area (Å²) in [5, 5.41) is 44.2. The fourth-order valence-electron chi connectivity index (χ4n) is 6.95. The number of carbonyl (C=O) groups excluding carboxylic acids is 3. The lowest BCUT2D eigenvalue weighted by molar-refractivity contribution is -0.281. The van der Waals surface area contributed by atoms with Crippen LogP contribution in [0.3, 0.4) is 0 Å². The highest BCUT2D eigenvalue weighted by Crippen LogP contribution is 2.52. The molecule has 7 atom stereocenters. The molecule has 0 spiro atoms. The molecule has 0 bridgehead atoms. The van der Waals surface area contributed by atoms with E-state index in [2.05, 4.69) is 0 Å². The first-order valence-electron chi connectivity index (χ1n) is 15.1. The fourth-order valence-corrected chi connectivity index (χ4v) is 6.95. The van der Waals surface area contributed by atoms with Gasteiger partial charge in [-0.3, -0.25) is 14.4 Å². The second-order valence-corrected chi connectivity index (χ2v) is 12.1. The van der Waals surface area contributed by atoms with Gasteiger partial charge in [0.1, 0.15) is 35.6 Å². The van der Waals surface area contributed by atoms with E-state index in [9.17, 15) is 34.8 Å². The summed E-state index contributed by atoms with van der Waals surface area (Å²) in [6.07, 6.45) is -2.03. The van der Waals surface area contributed by atoms with Crippen molar-refractivity contribution in [3.63, 3.8) is 0 Å². The summed E-state index contributed by atoms with van der Waals surface area (Å²) in [7, 11) is 1.34. The van der Waals surface area contributed by atoms with E-state index < -0.39 is 102 Å². The van der Waals surface area contributed by atoms with Gasteiger partial charge in [0.05, 0.1) is 36.0 Å². The van der Waals surface area contributed by atoms with Gasteiger partial charge in [0.25, 0.3) is 0 Å². The van der Waals surface area contributed by atoms with Crippen LogP contribution in [0.15, 0.2) is 18.2 Å². The molecule has 2 aliphatic heterocycles. The number of aliphatic hydroxyl groups is 2. The molecule has 13 heteroatoms. The average Bonchev–Trinajstić information content (AvgIpc) is 3.02. The Hall–Kier alpha value is -3.43. The van der Waals surface area contributed by atoms with Crippen molar-refractivity contribution in [2.45, 2.75) is 88.0 Å². The van der Waals surface area contributed by atoms with Crippen LogP contribution in [0.5, 0.6) is 17.2 Å². The molecule has 0 amide bonds. The first kappa shape index (κ1) is 31.5. The van der Waals surface area contributed by atoms with Gasteiger partial charge in [-0.25, -0.2) is 0 Å². The van der Waals surface area contributed by atoms with E-state index in [0.29, 0.717) is 6.61 Å². The van der Waals surface area contributed by atoms with Crippen molar-refractivity contribution in [1.82, 2.24) is 0 Å². The number of ether oxygens (including phenoxy) is 5. The quantitative estimate of drug-likeness (QED) is 0.236. The minimum atomic E-state index is -2.24. The van der Waals surface area contributed by atoms with Crippen molar-refractivity contribution in [2.24, 2.45) is 5.73 Å². The molecule has 2 aromatic rings. The van der Waals surface area contributed by atoms with Crippen molar-refractivity contribution >= 4 is 17.3 Å². The molecular weight excluding hydrogens is 590 g/mol. The summed E-state index contributed by atoms with van der Waals surface area (Å²) in [5.41, 5.74) is 2.98. The van der Waals surface area contributed by atoms with E-state index in [-0.39, 0.29) is 34.4 Å². The van der Waals surface area contributed by atoms with E-state index in [4.69, 9.17) is 29.4 Å². The summed E-state index contributed by atoms with van der Waals surface area (Å²) >= 11 is 0. The van der Waals surface area contributed by atoms with Crippen molar-refractivity contribution < 1.29 is 58.5 Å². The molecular formula is C32H37NO12. The lowest BCUT2D eigenvalue weighted by Gasteiger charge is -2.43. The van der Waals surface area contributed by atoms with Gasteiger partial charge in [0, 0.05) is 48.6 Å². The Morgan fingerprint density at radius 2 is 1.82 bits per heavy atom. The molecule has 2 saturated heterocycles. The average molecular weight is 628 g/mol. The van der Waals surface area contributed by atoms with Crippen molar-refractivity contribution in [3.05, 3.63) is 51.6 Å². The SMILES string of the molecule is COc1cccc2c1C(=O)c1c(O)c3c(c(O)c1C2=O)C[C@@](O)(C(=O)CO)C[C@@H]3OC1C[C@H](N)[C@H](OC2CCCCO2)[C@H](C)O1. The molecule has 4 aliphatic rings. The van der Waals surface area contributed by atoms with Crippen molar-refractivity contribution in [3.8, 4) is 17.2 Å². The van der Waals surface area contributed by atoms with Crippen LogP contribution in [-0.4, -0.2) is 94.5 Å². The number of rotatable bonds is 7. The van der Waals surface area contributed by atoms with Crippen LogP contribution in [0.2, 0.25) is 0 Å². The number of methoxy groups -OCH3 is 1. The Labute approximate surface area is 258 Å². The van der Waals surface area contributed by atoms with Crippen LogP contribution in [0.4, 0.5) is 0 Å². The number of aromatic hydroxyl groups is 2. The number of fused-ring (bicyclic) bond motifs is 3. The van der Waals surface area contributed by atoms with Gasteiger partial charge in [-0.1, -0.05) is 12.1 Å². The van der Waals surface area contributed by atoms with Crippen LogP contribution in [0.1, 0.15) is 88.1 Å². The topological polar surface area (TPSA) is 204 Å². The largest absolute Gasteiger partial charge is 0.507 e. The minimum absolute atomic E-state index is 0.0409. The van der Waals surface area contributed by atoms with Gasteiger partial charge in [0.15, 0.2) is 24.1 Å². The van der Waals surface area contributed by atoms with Gasteiger partial charge in [-0.05, 0) is 32.3 Å². The van der Waals surface area contributed by atoms with E-state index in [1.54, 1.807) is 6.92 Å². The van der Waals surface area contributed by atoms with Gasteiger partial charge in [-0.15, -0.1) is 0 Å². The number of hydrogen-bond acceptors (Lipinski definition) is 13. The first-order chi connectivity index (χ1) is 21.5. The standard InChI is InChI=1S/C32H37NO12/c1-14-31(45-21-8-3-4-9-42-21)17(33)10-22(43-14)44-19-12-32(40,20(35)13-34)11-16-24(19)30(39)26-25(28(16)37)27(36)15-6-5-7-18(41-2)23(15)29(26)38/h5-7,14,17,19,21-22,31,34,37,39-40H,3-4,8-13,33H2,1-2H3/t14-,17-,19-,21?,22?,31+,32-/m0/s1. The molecule has 0 aromatic heterocycles. The highest BCUT2D eigenvalue weighted by Gasteiger charge is 2.50. The molecule has 2 heterocycles. The molecule has 2 aromatic carbocycles. The predicted molar refractivity (Wildman–Crippen MR) is 154 cm³/mol. The Kier molecular flexibility index (Phi) is 8.46. The zero-order chi connectivity index (χ0) is 32.2. The molecule has 6 N–H and O–H groups in total. The smallest absolute Gasteiger partial charge is 0.202 e. The fraction of sp³-hybridized carbons (Fsp3) is 0.531. The lowest BCUT2D eigenvalue weighted by atomic mass is 9.72. The third-order valence-corrected chi connectivity index (χ3v) is 9.22. The molecule has 0 radical (unpaired) electrons. The predicted octanol–water partition coefficient (Wildman–Crippen LogP) is 1.55. The summed E-state index contributed by atoms with van der Waals surface area (Å²) in [6.45, 7) is 1.35. The monoisotopic (exact) mass is 627 g/mol. The van der Waals surface area contributed by atoms with Crippen LogP contribution < -0.4 is 10.5 Å². The van der Waals surface area contributed by atoms with Crippen LogP contribution in [0, 0.1) is 0 Å². The molecule has 13 nitrogen and oxygen atoms in total. The third kappa shape index (κ3) is 5.31. The zero-order valence-electron chi connectivity index (χ0n) is 25.0. The zero-order valence-corrected chi connectivity index (χ0v) is 25.0. The molecule has 0 saturated carbocycles. The van der Waals surface area contributed by atoms with Gasteiger partial charge >= 0.3 is 0 Å². The highest BCUT2D eigenvalue weighted by molar-refractivity contribution is 6.31. The number of carbonyl (C=O) groups is 3. The van der Waals surface area contributed by atoms with Gasteiger partial charge in [0.2, 0.25) is 5.78 Å². The van der Waals surface area contributed by atoms with Crippen LogP contribution in [0.25, 0.3) is 0 Å². The van der Waals surface area contributed by atoms with Crippen molar-refractivity contribution in [2.75, 3.05) is 20.3 Å². The second kappa shape index (κ2) is 12.1. The van der Waals surface area contributed by atoms with E-state index >= 15 is 0 Å². The number of nitrogens with two attached hydrogens (primary N) is 1. The summed E-state index contributed by atoms with van der Waals surface area (Å²) in [6, 6.07) is 3.86. The van der Waals surface area contributed by atoms with E-state index in [1.165, 1.54) is 25.3 Å². The Morgan fingerprint density at radius 3 is 2.49 bits per heavy atom. The van der Waals surface area contributed by atoms with E-state index in [0.717, 1.165) is 19.3 Å². The van der Waals surface area contributed by atoms with Crippen LogP contribution in [-0.2, 0) is 30.2 Å². The van der Waals surface area contributed by atoms with Gasteiger partial charge in [-0.2, -0.15) is 0 Å².